The summed E-state index contributed by atoms with van der Waals surface area (Å²) in [6, 6.07) is 4.96. The van der Waals surface area contributed by atoms with Gasteiger partial charge >= 0.3 is 0 Å². The molecule has 0 aliphatic heterocycles. The third-order valence-electron chi connectivity index (χ3n) is 2.53. The molecule has 1 atom stereocenters. The molecule has 0 spiro atoms. The van der Waals surface area contributed by atoms with Crippen molar-refractivity contribution in [2.75, 3.05) is 12.3 Å². The van der Waals surface area contributed by atoms with E-state index in [0.717, 1.165) is 0 Å². The summed E-state index contributed by atoms with van der Waals surface area (Å²) in [5.74, 6) is 0. The molecule has 5 N–H and O–H groups in total. The highest BCUT2D eigenvalue weighted by molar-refractivity contribution is 7.89. The monoisotopic (exact) mass is 269 g/mol. The molecular formula is C11H15N3O3S. The van der Waals surface area contributed by atoms with E-state index in [1.807, 2.05) is 0 Å². The van der Waals surface area contributed by atoms with Gasteiger partial charge in [-0.25, -0.2) is 13.1 Å². The second kappa shape index (κ2) is 4.60. The molecule has 0 aliphatic carbocycles. The molecule has 0 radical (unpaired) electrons. The lowest BCUT2D eigenvalue weighted by Gasteiger charge is -2.07. The van der Waals surface area contributed by atoms with Crippen molar-refractivity contribution in [1.82, 2.24) is 9.71 Å². The molecule has 0 amide bonds. The average molecular weight is 269 g/mol. The lowest BCUT2D eigenvalue weighted by atomic mass is 10.2. The number of nitrogens with one attached hydrogen (secondary N) is 2. The van der Waals surface area contributed by atoms with Crippen molar-refractivity contribution in [2.24, 2.45) is 0 Å². The fourth-order valence-corrected chi connectivity index (χ4v) is 2.95. The standard InChI is InChI=1S/C11H15N3O3S/c1-7(15)5-14-18(16,17)11-6-13-10-4-8(12)2-3-9(10)11/h2-4,6-7,13-15H,5,12H2,1H3/t7-/m1/s1. The van der Waals surface area contributed by atoms with Crippen LogP contribution in [0.1, 0.15) is 6.92 Å². The van der Waals surface area contributed by atoms with Crippen molar-refractivity contribution in [3.8, 4) is 0 Å². The zero-order valence-corrected chi connectivity index (χ0v) is 10.7. The van der Waals surface area contributed by atoms with Crippen LogP contribution in [0, 0.1) is 0 Å². The summed E-state index contributed by atoms with van der Waals surface area (Å²) >= 11 is 0. The number of hydrogen-bond donors (Lipinski definition) is 4. The summed E-state index contributed by atoms with van der Waals surface area (Å²) in [5, 5.41) is 9.68. The lowest BCUT2D eigenvalue weighted by Crippen LogP contribution is -2.30. The first kappa shape index (κ1) is 12.9. The number of anilines is 1. The van der Waals surface area contributed by atoms with Gasteiger partial charge in [-0.1, -0.05) is 0 Å². The molecule has 0 saturated heterocycles. The van der Waals surface area contributed by atoms with Gasteiger partial charge in [-0.05, 0) is 25.1 Å². The molecule has 0 bridgehead atoms. The molecule has 98 valence electrons. The Kier molecular flexibility index (Phi) is 3.29. The first-order chi connectivity index (χ1) is 8.40. The predicted molar refractivity (Wildman–Crippen MR) is 69.6 cm³/mol. The zero-order chi connectivity index (χ0) is 13.3. The van der Waals surface area contributed by atoms with E-state index in [-0.39, 0.29) is 11.4 Å². The van der Waals surface area contributed by atoms with Gasteiger partial charge in [0, 0.05) is 29.3 Å². The maximum Gasteiger partial charge on any atom is 0.242 e. The Morgan fingerprint density at radius 1 is 1.50 bits per heavy atom. The van der Waals surface area contributed by atoms with Crippen LogP contribution in [0.25, 0.3) is 10.9 Å². The molecule has 1 aromatic heterocycles. The second-order valence-corrected chi connectivity index (χ2v) is 5.89. The SMILES string of the molecule is C[C@@H](O)CNS(=O)(=O)c1c[nH]c2cc(N)ccc12. The molecule has 0 unspecified atom stereocenters. The molecular weight excluding hydrogens is 254 g/mol. The van der Waals surface area contributed by atoms with E-state index in [0.29, 0.717) is 16.6 Å². The summed E-state index contributed by atoms with van der Waals surface area (Å²) in [7, 11) is -3.63. The first-order valence-corrected chi connectivity index (χ1v) is 6.93. The molecule has 1 aromatic carbocycles. The Morgan fingerprint density at radius 2 is 2.22 bits per heavy atom. The predicted octanol–water partition coefficient (Wildman–Crippen LogP) is 0.409. The van der Waals surface area contributed by atoms with E-state index in [9.17, 15) is 8.42 Å². The van der Waals surface area contributed by atoms with Crippen LogP contribution < -0.4 is 10.5 Å². The minimum atomic E-state index is -3.63. The topological polar surface area (TPSA) is 108 Å². The van der Waals surface area contributed by atoms with Crippen molar-refractivity contribution >= 4 is 26.6 Å². The Morgan fingerprint density at radius 3 is 2.89 bits per heavy atom. The maximum absolute atomic E-state index is 12.0. The van der Waals surface area contributed by atoms with E-state index < -0.39 is 16.1 Å². The summed E-state index contributed by atoms with van der Waals surface area (Å²) in [4.78, 5) is 3.01. The van der Waals surface area contributed by atoms with E-state index in [1.54, 1.807) is 18.2 Å². The van der Waals surface area contributed by atoms with E-state index in [1.165, 1.54) is 13.1 Å². The van der Waals surface area contributed by atoms with Gasteiger partial charge in [0.05, 0.1) is 6.10 Å². The van der Waals surface area contributed by atoms with Gasteiger partial charge in [0.2, 0.25) is 10.0 Å². The number of aliphatic hydroxyl groups excluding tert-OH is 1. The van der Waals surface area contributed by atoms with Gasteiger partial charge in [0.25, 0.3) is 0 Å². The average Bonchev–Trinajstić information content (AvgIpc) is 2.70. The van der Waals surface area contributed by atoms with Crippen LogP contribution in [-0.2, 0) is 10.0 Å². The fourth-order valence-electron chi connectivity index (χ4n) is 1.65. The second-order valence-electron chi connectivity index (χ2n) is 4.16. The Hall–Kier alpha value is -1.57. The van der Waals surface area contributed by atoms with Crippen molar-refractivity contribution in [3.63, 3.8) is 0 Å². The molecule has 6 nitrogen and oxygen atoms in total. The number of aliphatic hydroxyl groups is 1. The van der Waals surface area contributed by atoms with Crippen molar-refractivity contribution in [2.45, 2.75) is 17.9 Å². The number of sulfonamides is 1. The van der Waals surface area contributed by atoms with E-state index in [2.05, 4.69) is 9.71 Å². The van der Waals surface area contributed by atoms with E-state index >= 15 is 0 Å². The highest BCUT2D eigenvalue weighted by atomic mass is 32.2. The van der Waals surface area contributed by atoms with Crippen LogP contribution in [0.2, 0.25) is 0 Å². The van der Waals surface area contributed by atoms with Crippen LogP contribution in [0.4, 0.5) is 5.69 Å². The van der Waals surface area contributed by atoms with Crippen LogP contribution in [0.5, 0.6) is 0 Å². The van der Waals surface area contributed by atoms with Gasteiger partial charge in [-0.3, -0.25) is 0 Å². The molecule has 2 aromatic rings. The maximum atomic E-state index is 12.0. The van der Waals surface area contributed by atoms with Crippen LogP contribution in [0.3, 0.4) is 0 Å². The quantitative estimate of drug-likeness (QED) is 0.603. The van der Waals surface area contributed by atoms with Crippen LogP contribution >= 0.6 is 0 Å². The molecule has 1 heterocycles. The van der Waals surface area contributed by atoms with Gasteiger partial charge in [-0.15, -0.1) is 0 Å². The van der Waals surface area contributed by atoms with Crippen molar-refractivity contribution in [1.29, 1.82) is 0 Å². The van der Waals surface area contributed by atoms with Gasteiger partial charge in [0.1, 0.15) is 4.90 Å². The molecule has 2 rings (SSSR count). The number of nitrogens with two attached hydrogens (primary N) is 1. The third kappa shape index (κ3) is 2.47. The van der Waals surface area contributed by atoms with Crippen LogP contribution in [-0.4, -0.2) is 31.2 Å². The molecule has 0 saturated carbocycles. The number of hydrogen-bond acceptors (Lipinski definition) is 4. The van der Waals surface area contributed by atoms with Gasteiger partial charge < -0.3 is 15.8 Å². The lowest BCUT2D eigenvalue weighted by molar-refractivity contribution is 0.198. The third-order valence-corrected chi connectivity index (χ3v) is 3.99. The number of nitrogen functional groups attached to an aromatic ring is 1. The Bertz CT molecular complexity index is 661. The number of benzene rings is 1. The van der Waals surface area contributed by atoms with Gasteiger partial charge in [-0.2, -0.15) is 0 Å². The highest BCUT2D eigenvalue weighted by Crippen LogP contribution is 2.24. The molecule has 7 heteroatoms. The number of aromatic amines is 1. The number of H-pyrrole nitrogens is 1. The number of rotatable bonds is 4. The molecule has 0 aliphatic rings. The molecule has 18 heavy (non-hydrogen) atoms. The van der Waals surface area contributed by atoms with Crippen molar-refractivity contribution in [3.05, 3.63) is 24.4 Å². The number of fused-ring (bicyclic) bond motifs is 1. The van der Waals surface area contributed by atoms with Crippen molar-refractivity contribution < 1.29 is 13.5 Å². The highest BCUT2D eigenvalue weighted by Gasteiger charge is 2.19. The van der Waals surface area contributed by atoms with Gasteiger partial charge in [0.15, 0.2) is 0 Å². The Balaban J connectivity index is 2.42. The fraction of sp³-hybridized carbons (Fsp3) is 0.273. The summed E-state index contributed by atoms with van der Waals surface area (Å²) in [6.45, 7) is 1.49. The normalized spacial score (nSPS) is 13.9. The van der Waals surface area contributed by atoms with Crippen LogP contribution in [0.15, 0.2) is 29.3 Å². The van der Waals surface area contributed by atoms with E-state index in [4.69, 9.17) is 10.8 Å². The zero-order valence-electron chi connectivity index (χ0n) is 9.84. The molecule has 0 fully saturated rings. The largest absolute Gasteiger partial charge is 0.399 e. The minimum absolute atomic E-state index is 0.0238. The minimum Gasteiger partial charge on any atom is -0.399 e. The number of aromatic nitrogens is 1. The first-order valence-electron chi connectivity index (χ1n) is 5.44. The Labute approximate surface area is 105 Å². The summed E-state index contributed by atoms with van der Waals surface area (Å²) in [5.41, 5.74) is 6.84. The summed E-state index contributed by atoms with van der Waals surface area (Å²) < 4.78 is 26.4. The smallest absolute Gasteiger partial charge is 0.242 e. The summed E-state index contributed by atoms with van der Waals surface area (Å²) in [6.07, 6.45) is 0.676.